The van der Waals surface area contributed by atoms with Crippen molar-refractivity contribution in [2.45, 2.75) is 42.4 Å². The van der Waals surface area contributed by atoms with Gasteiger partial charge in [0.15, 0.2) is 0 Å². The minimum atomic E-state index is -0.433. The third-order valence-electron chi connectivity index (χ3n) is 2.96. The smallest absolute Gasteiger partial charge is 0.0957 e. The van der Waals surface area contributed by atoms with E-state index in [4.69, 9.17) is 4.74 Å². The molecule has 0 spiro atoms. The molecule has 1 aromatic heterocycles. The van der Waals surface area contributed by atoms with E-state index in [-0.39, 0.29) is 0 Å². The first kappa shape index (κ1) is 12.9. The fraction of sp³-hybridized carbons (Fsp3) is 0.615. The Balaban J connectivity index is 1.93. The largest absolute Gasteiger partial charge is 0.387 e. The van der Waals surface area contributed by atoms with Crippen LogP contribution >= 0.6 is 11.8 Å². The molecule has 2 rings (SSSR count). The lowest BCUT2D eigenvalue weighted by Crippen LogP contribution is -2.17. The predicted octanol–water partition coefficient (Wildman–Crippen LogP) is 2.80. The van der Waals surface area contributed by atoms with E-state index in [1.54, 1.807) is 0 Å². The normalized spacial score (nSPS) is 19.2. The Morgan fingerprint density at radius 1 is 1.47 bits per heavy atom. The summed E-state index contributed by atoms with van der Waals surface area (Å²) in [6, 6.07) is 3.98. The molecule has 17 heavy (non-hydrogen) atoms. The molecule has 0 amide bonds. The molecule has 1 saturated heterocycles. The Hall–Kier alpha value is -0.580. The summed E-state index contributed by atoms with van der Waals surface area (Å²) in [4.78, 5) is 5.50. The summed E-state index contributed by atoms with van der Waals surface area (Å²) >= 11 is 1.87. The van der Waals surface area contributed by atoms with E-state index in [2.05, 4.69) is 11.1 Å². The fourth-order valence-electron chi connectivity index (χ4n) is 1.85. The highest BCUT2D eigenvalue weighted by Gasteiger charge is 2.15. The zero-order valence-corrected chi connectivity index (χ0v) is 10.9. The summed E-state index contributed by atoms with van der Waals surface area (Å²) in [5, 5.41) is 10.3. The van der Waals surface area contributed by atoms with Gasteiger partial charge in [-0.15, -0.1) is 11.8 Å². The Morgan fingerprint density at radius 3 is 2.82 bits per heavy atom. The summed E-state index contributed by atoms with van der Waals surface area (Å²) in [6.45, 7) is 3.70. The molecule has 1 aliphatic rings. The van der Waals surface area contributed by atoms with Crippen LogP contribution in [0.25, 0.3) is 0 Å². The minimum absolute atomic E-state index is 0.433. The van der Waals surface area contributed by atoms with Crippen molar-refractivity contribution in [3.8, 4) is 0 Å². The molecule has 1 aliphatic heterocycles. The highest BCUT2D eigenvalue weighted by atomic mass is 32.2. The predicted molar refractivity (Wildman–Crippen MR) is 69.2 cm³/mol. The highest BCUT2D eigenvalue weighted by molar-refractivity contribution is 8.00. The summed E-state index contributed by atoms with van der Waals surface area (Å²) in [5.74, 6) is 0. The second-order valence-electron chi connectivity index (χ2n) is 4.27. The minimum Gasteiger partial charge on any atom is -0.387 e. The van der Waals surface area contributed by atoms with Crippen LogP contribution in [0, 0.1) is 0 Å². The number of aromatic nitrogens is 1. The molecule has 94 valence electrons. The zero-order chi connectivity index (χ0) is 12.1. The maximum absolute atomic E-state index is 9.66. The van der Waals surface area contributed by atoms with Gasteiger partial charge in [-0.3, -0.25) is 4.98 Å². The Kier molecular flexibility index (Phi) is 4.83. The van der Waals surface area contributed by atoms with Gasteiger partial charge in [-0.1, -0.05) is 6.92 Å². The Labute approximate surface area is 107 Å². The SMILES string of the molecule is CCC(O)c1ccc(SC2CCOCC2)cn1. The van der Waals surface area contributed by atoms with Gasteiger partial charge < -0.3 is 9.84 Å². The molecule has 4 heteroatoms. The number of rotatable bonds is 4. The number of aliphatic hydroxyl groups is 1. The zero-order valence-electron chi connectivity index (χ0n) is 10.1. The maximum Gasteiger partial charge on any atom is 0.0957 e. The number of pyridine rings is 1. The van der Waals surface area contributed by atoms with E-state index in [0.717, 1.165) is 31.7 Å². The lowest BCUT2D eigenvalue weighted by molar-refractivity contribution is 0.100. The lowest BCUT2D eigenvalue weighted by atomic mass is 10.2. The van der Waals surface area contributed by atoms with Crippen molar-refractivity contribution in [1.82, 2.24) is 4.98 Å². The number of aliphatic hydroxyl groups excluding tert-OH is 1. The first-order valence-electron chi connectivity index (χ1n) is 6.18. The number of hydrogen-bond donors (Lipinski definition) is 1. The van der Waals surface area contributed by atoms with Crippen LogP contribution in [0.3, 0.4) is 0 Å². The molecule has 3 nitrogen and oxygen atoms in total. The van der Waals surface area contributed by atoms with Crippen LogP contribution in [-0.2, 0) is 4.74 Å². The molecule has 1 N–H and O–H groups in total. The third-order valence-corrected chi connectivity index (χ3v) is 4.28. The Morgan fingerprint density at radius 2 is 2.24 bits per heavy atom. The van der Waals surface area contributed by atoms with Gasteiger partial charge in [-0.2, -0.15) is 0 Å². The fourth-order valence-corrected chi connectivity index (χ4v) is 2.93. The van der Waals surface area contributed by atoms with E-state index in [1.807, 2.05) is 30.9 Å². The average Bonchev–Trinajstić information content (AvgIpc) is 2.40. The second kappa shape index (κ2) is 6.38. The van der Waals surface area contributed by atoms with Crippen molar-refractivity contribution in [1.29, 1.82) is 0 Å². The van der Waals surface area contributed by atoms with Crippen LogP contribution in [0.1, 0.15) is 38.0 Å². The average molecular weight is 253 g/mol. The number of nitrogens with zero attached hydrogens (tertiary/aromatic N) is 1. The molecule has 1 aromatic rings. The Bertz CT molecular complexity index is 336. The number of thioether (sulfide) groups is 1. The van der Waals surface area contributed by atoms with E-state index < -0.39 is 6.10 Å². The van der Waals surface area contributed by atoms with Crippen molar-refractivity contribution >= 4 is 11.8 Å². The molecule has 0 saturated carbocycles. The summed E-state index contributed by atoms with van der Waals surface area (Å²) < 4.78 is 5.34. The van der Waals surface area contributed by atoms with Gasteiger partial charge in [0.25, 0.3) is 0 Å². The van der Waals surface area contributed by atoms with Crippen LogP contribution in [0.4, 0.5) is 0 Å². The monoisotopic (exact) mass is 253 g/mol. The van der Waals surface area contributed by atoms with Crippen LogP contribution < -0.4 is 0 Å². The molecule has 0 aromatic carbocycles. The van der Waals surface area contributed by atoms with E-state index in [9.17, 15) is 5.11 Å². The van der Waals surface area contributed by atoms with Crippen LogP contribution in [-0.4, -0.2) is 28.6 Å². The van der Waals surface area contributed by atoms with E-state index in [1.165, 1.54) is 4.90 Å². The molecule has 1 fully saturated rings. The molecule has 1 atom stereocenters. The van der Waals surface area contributed by atoms with E-state index >= 15 is 0 Å². The molecular formula is C13H19NO2S. The van der Waals surface area contributed by atoms with Gasteiger partial charge in [0.1, 0.15) is 0 Å². The number of ether oxygens (including phenoxy) is 1. The lowest BCUT2D eigenvalue weighted by Gasteiger charge is -2.21. The van der Waals surface area contributed by atoms with Gasteiger partial charge in [-0.25, -0.2) is 0 Å². The van der Waals surface area contributed by atoms with Crippen LogP contribution in [0.15, 0.2) is 23.2 Å². The molecule has 0 bridgehead atoms. The van der Waals surface area contributed by atoms with Crippen LogP contribution in [0.5, 0.6) is 0 Å². The molecule has 2 heterocycles. The standard InChI is InChI=1S/C13H19NO2S/c1-2-13(15)12-4-3-11(9-14-12)17-10-5-7-16-8-6-10/h3-4,9-10,13,15H,2,5-8H2,1H3. The van der Waals surface area contributed by atoms with Crippen molar-refractivity contribution in [2.24, 2.45) is 0 Å². The maximum atomic E-state index is 9.66. The summed E-state index contributed by atoms with van der Waals surface area (Å²) in [6.07, 6.45) is 4.37. The van der Waals surface area contributed by atoms with Crippen molar-refractivity contribution < 1.29 is 9.84 Å². The van der Waals surface area contributed by atoms with Gasteiger partial charge in [0.05, 0.1) is 11.8 Å². The summed E-state index contributed by atoms with van der Waals surface area (Å²) in [7, 11) is 0. The molecular weight excluding hydrogens is 234 g/mol. The quantitative estimate of drug-likeness (QED) is 0.896. The molecule has 1 unspecified atom stereocenters. The summed E-state index contributed by atoms with van der Waals surface area (Å²) in [5.41, 5.74) is 0.767. The van der Waals surface area contributed by atoms with Gasteiger partial charge >= 0.3 is 0 Å². The van der Waals surface area contributed by atoms with Gasteiger partial charge in [0.2, 0.25) is 0 Å². The van der Waals surface area contributed by atoms with Crippen molar-refractivity contribution in [3.63, 3.8) is 0 Å². The molecule has 0 aliphatic carbocycles. The van der Waals surface area contributed by atoms with Gasteiger partial charge in [-0.05, 0) is 31.4 Å². The van der Waals surface area contributed by atoms with E-state index in [0.29, 0.717) is 11.7 Å². The first-order chi connectivity index (χ1) is 8.29. The van der Waals surface area contributed by atoms with Crippen molar-refractivity contribution in [2.75, 3.05) is 13.2 Å². The molecule has 0 radical (unpaired) electrons. The van der Waals surface area contributed by atoms with Crippen molar-refractivity contribution in [3.05, 3.63) is 24.0 Å². The van der Waals surface area contributed by atoms with Gasteiger partial charge in [0, 0.05) is 29.6 Å². The topological polar surface area (TPSA) is 42.4 Å². The first-order valence-corrected chi connectivity index (χ1v) is 7.06. The highest BCUT2D eigenvalue weighted by Crippen LogP contribution is 2.29. The van der Waals surface area contributed by atoms with Crippen LogP contribution in [0.2, 0.25) is 0 Å². The third kappa shape index (κ3) is 3.69. The number of hydrogen-bond acceptors (Lipinski definition) is 4. The second-order valence-corrected chi connectivity index (χ2v) is 5.65.